The van der Waals surface area contributed by atoms with Crippen LogP contribution in [0, 0.1) is 0 Å². The smallest absolute Gasteiger partial charge is 0.336 e. The van der Waals surface area contributed by atoms with E-state index in [-0.39, 0.29) is 16.0 Å². The van der Waals surface area contributed by atoms with Gasteiger partial charge in [-0.1, -0.05) is 46.9 Å². The van der Waals surface area contributed by atoms with Crippen LogP contribution in [0.5, 0.6) is 11.5 Å². The molecule has 2 unspecified atom stereocenters. The van der Waals surface area contributed by atoms with Crippen molar-refractivity contribution in [2.75, 3.05) is 33.9 Å². The van der Waals surface area contributed by atoms with Gasteiger partial charge in [0, 0.05) is 33.0 Å². The van der Waals surface area contributed by atoms with Gasteiger partial charge >= 0.3 is 12.0 Å². The van der Waals surface area contributed by atoms with Gasteiger partial charge in [-0.15, -0.1) is 0 Å². The van der Waals surface area contributed by atoms with Crippen LogP contribution >= 0.6 is 22.6 Å². The van der Waals surface area contributed by atoms with Gasteiger partial charge in [0.05, 0.1) is 20.3 Å². The number of methoxy groups -OCH3 is 1. The first-order valence-electron chi connectivity index (χ1n) is 11.5. The molecule has 2 aromatic carbocycles. The number of benzene rings is 2. The fourth-order valence-corrected chi connectivity index (χ4v) is 4.93. The van der Waals surface area contributed by atoms with Gasteiger partial charge < -0.3 is 29.1 Å². The molecule has 1 aliphatic heterocycles. The molecule has 8 nitrogen and oxygen atoms in total. The molecule has 1 saturated heterocycles. The number of carbonyl (C=O) groups is 2. The molecule has 2 amide bonds. The Bertz CT molecular complexity index is 1020. The third-order valence-corrected chi connectivity index (χ3v) is 7.86. The summed E-state index contributed by atoms with van der Waals surface area (Å²) >= 11 is 2.35. The Kier molecular flexibility index (Phi) is 8.87. The van der Waals surface area contributed by atoms with Crippen LogP contribution in [0.25, 0.3) is 0 Å². The van der Waals surface area contributed by atoms with E-state index in [0.29, 0.717) is 38.5 Å². The van der Waals surface area contributed by atoms with Crippen molar-refractivity contribution in [1.29, 1.82) is 0 Å². The summed E-state index contributed by atoms with van der Waals surface area (Å²) in [6, 6.07) is 15.1. The van der Waals surface area contributed by atoms with E-state index in [1.807, 2.05) is 60.5 Å². The van der Waals surface area contributed by atoms with E-state index in [1.165, 1.54) is 0 Å². The molecule has 1 aliphatic rings. The van der Waals surface area contributed by atoms with Crippen molar-refractivity contribution in [2.45, 2.75) is 42.4 Å². The van der Waals surface area contributed by atoms with Gasteiger partial charge in [-0.25, -0.2) is 9.59 Å². The van der Waals surface area contributed by atoms with Crippen molar-refractivity contribution in [3.8, 4) is 11.5 Å². The Morgan fingerprint density at radius 1 is 1.11 bits per heavy atom. The maximum atomic E-state index is 12.9. The third kappa shape index (κ3) is 6.58. The molecule has 1 heterocycles. The average Bonchev–Trinajstić information content (AvgIpc) is 3.04. The van der Waals surface area contributed by atoms with Crippen LogP contribution in [0.3, 0.4) is 0 Å². The Labute approximate surface area is 220 Å². The highest BCUT2D eigenvalue weighted by atomic mass is 127. The number of hydrogen-bond donors (Lipinski definition) is 1. The lowest BCUT2D eigenvalue weighted by Gasteiger charge is -2.28. The van der Waals surface area contributed by atoms with Crippen LogP contribution in [0.15, 0.2) is 48.5 Å². The molecule has 3 rings (SSSR count). The van der Waals surface area contributed by atoms with Crippen molar-refractivity contribution < 1.29 is 28.9 Å². The van der Waals surface area contributed by atoms with E-state index < -0.39 is 11.6 Å². The van der Waals surface area contributed by atoms with Crippen LogP contribution in [0.2, 0.25) is 0 Å². The number of alkyl halides is 1. The first-order chi connectivity index (χ1) is 16.6. The minimum Gasteiger partial charge on any atom is -0.497 e. The van der Waals surface area contributed by atoms with E-state index in [1.54, 1.807) is 25.9 Å². The number of carboxylic acids is 1. The molecule has 0 bridgehead atoms. The summed E-state index contributed by atoms with van der Waals surface area (Å²) in [5, 5.41) is 9.50. The van der Waals surface area contributed by atoms with Gasteiger partial charge in [0.15, 0.2) is 5.60 Å². The van der Waals surface area contributed by atoms with Crippen molar-refractivity contribution in [3.63, 3.8) is 0 Å². The number of amides is 2. The zero-order valence-electron chi connectivity index (χ0n) is 20.6. The van der Waals surface area contributed by atoms with Crippen molar-refractivity contribution in [1.82, 2.24) is 9.80 Å². The van der Waals surface area contributed by atoms with E-state index in [4.69, 9.17) is 14.2 Å². The molecular formula is C26H33IN2O6. The predicted octanol–water partition coefficient (Wildman–Crippen LogP) is 4.59. The predicted molar refractivity (Wildman–Crippen MR) is 141 cm³/mol. The summed E-state index contributed by atoms with van der Waals surface area (Å²) in [6.45, 7) is 5.28. The molecule has 0 aromatic heterocycles. The lowest BCUT2D eigenvalue weighted by Crippen LogP contribution is -2.40. The summed E-state index contributed by atoms with van der Waals surface area (Å²) in [4.78, 5) is 28.1. The summed E-state index contributed by atoms with van der Waals surface area (Å²) < 4.78 is 16.2. The number of halogens is 1. The minimum atomic E-state index is -1.26. The molecule has 0 aliphatic carbocycles. The Balaban J connectivity index is 1.54. The van der Waals surface area contributed by atoms with Crippen LogP contribution in [-0.4, -0.2) is 70.0 Å². The first kappa shape index (κ1) is 27.1. The number of rotatable bonds is 12. The molecule has 190 valence electrons. The Morgan fingerprint density at radius 2 is 1.71 bits per heavy atom. The first-order valence-corrected chi connectivity index (χ1v) is 12.6. The highest BCUT2D eigenvalue weighted by Gasteiger charge is 2.45. The molecule has 0 radical (unpaired) electrons. The van der Waals surface area contributed by atoms with E-state index >= 15 is 0 Å². The third-order valence-electron chi connectivity index (χ3n) is 6.26. The van der Waals surface area contributed by atoms with Gasteiger partial charge in [-0.3, -0.25) is 0 Å². The number of carboxylic acid groups (broad SMARTS) is 1. The van der Waals surface area contributed by atoms with E-state index in [9.17, 15) is 14.7 Å². The van der Waals surface area contributed by atoms with Crippen LogP contribution in [-0.2, 0) is 22.5 Å². The second-order valence-electron chi connectivity index (χ2n) is 8.85. The van der Waals surface area contributed by atoms with Crippen molar-refractivity contribution in [2.24, 2.45) is 0 Å². The fourth-order valence-electron chi connectivity index (χ4n) is 4.10. The summed E-state index contributed by atoms with van der Waals surface area (Å²) in [7, 11) is 3.46. The maximum absolute atomic E-state index is 12.9. The SMILES string of the molecule is CCOC(C)(Cc1ccc(OCCC2(I)CN(Cc3ccc(OC)cc3)C(=O)N2C)cc1)C(=O)O. The second-order valence-corrected chi connectivity index (χ2v) is 10.9. The molecule has 9 heteroatoms. The highest BCUT2D eigenvalue weighted by molar-refractivity contribution is 14.1. The molecule has 2 aromatic rings. The molecule has 35 heavy (non-hydrogen) atoms. The largest absolute Gasteiger partial charge is 0.497 e. The Hall–Kier alpha value is -2.53. The number of nitrogens with zero attached hydrogens (tertiary/aromatic N) is 2. The van der Waals surface area contributed by atoms with E-state index in [2.05, 4.69) is 22.6 Å². The molecule has 1 N–H and O–H groups in total. The van der Waals surface area contributed by atoms with Gasteiger partial charge in [0.1, 0.15) is 15.0 Å². The standard InChI is InChI=1S/C26H33IN2O6/c1-5-35-25(2,23(30)31)16-19-6-12-22(13-7-19)34-15-14-26(27)18-29(24(32)28(26)3)17-20-8-10-21(33-4)11-9-20/h6-13H,5,14-18H2,1-4H3,(H,30,31). The maximum Gasteiger partial charge on any atom is 0.336 e. The number of urea groups is 1. The average molecular weight is 596 g/mol. The summed E-state index contributed by atoms with van der Waals surface area (Å²) in [5.74, 6) is 0.504. The zero-order valence-corrected chi connectivity index (χ0v) is 22.8. The monoisotopic (exact) mass is 596 g/mol. The van der Waals surface area contributed by atoms with Gasteiger partial charge in [0.2, 0.25) is 0 Å². The number of ether oxygens (including phenoxy) is 3. The van der Waals surface area contributed by atoms with Gasteiger partial charge in [0.25, 0.3) is 0 Å². The molecule has 2 atom stereocenters. The Morgan fingerprint density at radius 3 is 2.29 bits per heavy atom. The fraction of sp³-hybridized carbons (Fsp3) is 0.462. The van der Waals surface area contributed by atoms with Gasteiger partial charge in [-0.2, -0.15) is 0 Å². The lowest BCUT2D eigenvalue weighted by molar-refractivity contribution is -0.162. The minimum absolute atomic E-state index is 0.00431. The summed E-state index contributed by atoms with van der Waals surface area (Å²) in [6.07, 6.45) is 0.933. The number of carbonyl (C=O) groups excluding carboxylic acids is 1. The highest BCUT2D eigenvalue weighted by Crippen LogP contribution is 2.36. The lowest BCUT2D eigenvalue weighted by atomic mass is 9.96. The second kappa shape index (κ2) is 11.5. The van der Waals surface area contributed by atoms with Crippen molar-refractivity contribution in [3.05, 3.63) is 59.7 Å². The zero-order chi connectivity index (χ0) is 25.6. The van der Waals surface area contributed by atoms with Crippen LogP contribution in [0.1, 0.15) is 31.4 Å². The van der Waals surface area contributed by atoms with Crippen LogP contribution < -0.4 is 9.47 Å². The topological polar surface area (TPSA) is 88.5 Å². The molecule has 1 fully saturated rings. The van der Waals surface area contributed by atoms with Crippen molar-refractivity contribution >= 4 is 34.6 Å². The van der Waals surface area contributed by atoms with Crippen LogP contribution in [0.4, 0.5) is 4.79 Å². The molecule has 0 spiro atoms. The molecule has 0 saturated carbocycles. The number of likely N-dealkylation sites (N-methyl/N-ethyl adjacent to an activating group) is 1. The quantitative estimate of drug-likeness (QED) is 0.219. The summed E-state index contributed by atoms with van der Waals surface area (Å²) in [5.41, 5.74) is 0.645. The van der Waals surface area contributed by atoms with Gasteiger partial charge in [-0.05, 0) is 49.2 Å². The van der Waals surface area contributed by atoms with E-state index in [0.717, 1.165) is 16.9 Å². The normalized spacial score (nSPS) is 19.5. The molecular weight excluding hydrogens is 563 g/mol. The number of hydrogen-bond acceptors (Lipinski definition) is 5. The number of aliphatic carboxylic acids is 1.